The largest absolute Gasteiger partial charge is 0.323 e. The van der Waals surface area contributed by atoms with E-state index >= 15 is 0 Å². The standard InChI is InChI=1S/C17H14ClF2N3O/c1-9-3-10(2)17(11(18)4-9)22-16(24)7-23-8-21-14-5-12(19)13(20)6-15(14)23/h3-6,8H,7H2,1-2H3,(H,22,24). The predicted octanol–water partition coefficient (Wildman–Crippen LogP) is 4.22. The van der Waals surface area contributed by atoms with Crippen LogP contribution in [0.4, 0.5) is 14.5 Å². The van der Waals surface area contributed by atoms with Crippen LogP contribution in [-0.2, 0) is 11.3 Å². The Morgan fingerprint density at radius 2 is 1.92 bits per heavy atom. The van der Waals surface area contributed by atoms with Crippen LogP contribution in [0.15, 0.2) is 30.6 Å². The number of aryl methyl sites for hydroxylation is 2. The lowest BCUT2D eigenvalue weighted by atomic mass is 10.1. The van der Waals surface area contributed by atoms with Crippen LogP contribution in [0.1, 0.15) is 11.1 Å². The summed E-state index contributed by atoms with van der Waals surface area (Å²) in [5, 5.41) is 3.20. The number of nitrogens with zero attached hydrogens (tertiary/aromatic N) is 2. The van der Waals surface area contributed by atoms with E-state index in [4.69, 9.17) is 11.6 Å². The maximum atomic E-state index is 13.4. The lowest BCUT2D eigenvalue weighted by molar-refractivity contribution is -0.116. The van der Waals surface area contributed by atoms with E-state index in [0.717, 1.165) is 23.3 Å². The molecule has 0 aliphatic carbocycles. The molecule has 0 spiro atoms. The van der Waals surface area contributed by atoms with Crippen molar-refractivity contribution in [2.45, 2.75) is 20.4 Å². The summed E-state index contributed by atoms with van der Waals surface area (Å²) in [6, 6.07) is 5.69. The first-order chi connectivity index (χ1) is 11.3. The van der Waals surface area contributed by atoms with Crippen molar-refractivity contribution >= 4 is 34.2 Å². The van der Waals surface area contributed by atoms with Crippen LogP contribution >= 0.6 is 11.6 Å². The fraction of sp³-hybridized carbons (Fsp3) is 0.176. The fourth-order valence-electron chi connectivity index (χ4n) is 2.59. The summed E-state index contributed by atoms with van der Waals surface area (Å²) in [5.41, 5.74) is 3.00. The smallest absolute Gasteiger partial charge is 0.244 e. The number of nitrogens with one attached hydrogen (secondary N) is 1. The van der Waals surface area contributed by atoms with E-state index in [1.165, 1.54) is 10.9 Å². The minimum atomic E-state index is -0.984. The highest BCUT2D eigenvalue weighted by Gasteiger charge is 2.13. The molecule has 3 aromatic rings. The van der Waals surface area contributed by atoms with Gasteiger partial charge in [0.15, 0.2) is 11.6 Å². The van der Waals surface area contributed by atoms with Crippen molar-refractivity contribution < 1.29 is 13.6 Å². The van der Waals surface area contributed by atoms with Gasteiger partial charge in [0.25, 0.3) is 0 Å². The zero-order valence-corrected chi connectivity index (χ0v) is 13.8. The first-order valence-electron chi connectivity index (χ1n) is 7.21. The van der Waals surface area contributed by atoms with Crippen molar-refractivity contribution in [2.24, 2.45) is 0 Å². The Balaban J connectivity index is 1.85. The number of benzene rings is 2. The van der Waals surface area contributed by atoms with E-state index in [-0.39, 0.29) is 18.0 Å². The van der Waals surface area contributed by atoms with Crippen LogP contribution in [0.3, 0.4) is 0 Å². The van der Waals surface area contributed by atoms with E-state index in [2.05, 4.69) is 10.3 Å². The molecule has 1 heterocycles. The second-order valence-corrected chi connectivity index (χ2v) is 6.02. The summed E-state index contributed by atoms with van der Waals surface area (Å²) < 4.78 is 28.1. The summed E-state index contributed by atoms with van der Waals surface area (Å²) in [6.45, 7) is 3.67. The topological polar surface area (TPSA) is 46.9 Å². The van der Waals surface area contributed by atoms with Gasteiger partial charge in [0.2, 0.25) is 5.91 Å². The third-order valence-corrected chi connectivity index (χ3v) is 3.97. The molecular weight excluding hydrogens is 336 g/mol. The van der Waals surface area contributed by atoms with Gasteiger partial charge in [0, 0.05) is 12.1 Å². The van der Waals surface area contributed by atoms with E-state index < -0.39 is 11.6 Å². The van der Waals surface area contributed by atoms with Gasteiger partial charge in [0.05, 0.1) is 28.1 Å². The van der Waals surface area contributed by atoms with Gasteiger partial charge in [-0.05, 0) is 31.0 Å². The van der Waals surface area contributed by atoms with Crippen LogP contribution in [0.25, 0.3) is 11.0 Å². The van der Waals surface area contributed by atoms with Crippen LogP contribution in [0, 0.1) is 25.5 Å². The van der Waals surface area contributed by atoms with Gasteiger partial charge in [-0.15, -0.1) is 0 Å². The van der Waals surface area contributed by atoms with Crippen LogP contribution < -0.4 is 5.32 Å². The number of hydrogen-bond donors (Lipinski definition) is 1. The number of aromatic nitrogens is 2. The molecule has 1 aromatic heterocycles. The molecular formula is C17H14ClF2N3O. The SMILES string of the molecule is Cc1cc(C)c(NC(=O)Cn2cnc3cc(F)c(F)cc32)c(Cl)c1. The highest BCUT2D eigenvalue weighted by Crippen LogP contribution is 2.27. The first-order valence-corrected chi connectivity index (χ1v) is 7.59. The highest BCUT2D eigenvalue weighted by molar-refractivity contribution is 6.34. The molecule has 0 atom stereocenters. The van der Waals surface area contributed by atoms with E-state index in [1.807, 2.05) is 19.9 Å². The van der Waals surface area contributed by atoms with Gasteiger partial charge in [0.1, 0.15) is 6.54 Å². The van der Waals surface area contributed by atoms with Crippen molar-refractivity contribution in [2.75, 3.05) is 5.32 Å². The Labute approximate surface area is 142 Å². The van der Waals surface area contributed by atoms with E-state index in [9.17, 15) is 13.6 Å². The summed E-state index contributed by atoms with van der Waals surface area (Å²) in [6.07, 6.45) is 1.37. The lowest BCUT2D eigenvalue weighted by Gasteiger charge is -2.12. The van der Waals surface area contributed by atoms with Gasteiger partial charge in [-0.2, -0.15) is 0 Å². The molecule has 1 amide bonds. The Bertz CT molecular complexity index is 929. The number of hydrogen-bond acceptors (Lipinski definition) is 2. The van der Waals surface area contributed by atoms with Gasteiger partial charge < -0.3 is 9.88 Å². The number of rotatable bonds is 3. The van der Waals surface area contributed by atoms with Gasteiger partial charge in [-0.3, -0.25) is 4.79 Å². The molecule has 0 radical (unpaired) electrons. The van der Waals surface area contributed by atoms with Crippen molar-refractivity contribution in [1.82, 2.24) is 9.55 Å². The van der Waals surface area contributed by atoms with Gasteiger partial charge >= 0.3 is 0 Å². The lowest BCUT2D eigenvalue weighted by Crippen LogP contribution is -2.19. The molecule has 124 valence electrons. The molecule has 0 unspecified atom stereocenters. The van der Waals surface area contributed by atoms with Gasteiger partial charge in [-0.25, -0.2) is 13.8 Å². The Morgan fingerprint density at radius 3 is 2.62 bits per heavy atom. The molecule has 0 aliphatic rings. The summed E-state index contributed by atoms with van der Waals surface area (Å²) in [4.78, 5) is 16.3. The number of halogens is 3. The Hall–Kier alpha value is -2.47. The first kappa shape index (κ1) is 16.4. The molecule has 24 heavy (non-hydrogen) atoms. The monoisotopic (exact) mass is 349 g/mol. The minimum absolute atomic E-state index is 0.0920. The summed E-state index contributed by atoms with van der Waals surface area (Å²) in [7, 11) is 0. The highest BCUT2D eigenvalue weighted by atomic mass is 35.5. The quantitative estimate of drug-likeness (QED) is 0.769. The number of carbonyl (C=O) groups is 1. The molecule has 1 N–H and O–H groups in total. The van der Waals surface area contributed by atoms with E-state index in [1.54, 1.807) is 6.07 Å². The molecule has 0 aliphatic heterocycles. The normalized spacial score (nSPS) is 11.0. The molecule has 0 saturated carbocycles. The number of fused-ring (bicyclic) bond motifs is 1. The van der Waals surface area contributed by atoms with Crippen LogP contribution in [0.5, 0.6) is 0 Å². The summed E-state index contributed by atoms with van der Waals surface area (Å²) in [5.74, 6) is -2.30. The number of anilines is 1. The number of carbonyl (C=O) groups excluding carboxylic acids is 1. The molecule has 3 rings (SSSR count). The number of amides is 1. The molecule has 4 nitrogen and oxygen atoms in total. The molecule has 0 bridgehead atoms. The van der Waals surface area contributed by atoms with Crippen LogP contribution in [-0.4, -0.2) is 15.5 Å². The fourth-order valence-corrected chi connectivity index (χ4v) is 2.96. The number of imidazole rings is 1. The third kappa shape index (κ3) is 3.10. The average Bonchev–Trinajstić information content (AvgIpc) is 2.85. The Kier molecular flexibility index (Phi) is 4.24. The minimum Gasteiger partial charge on any atom is -0.323 e. The Morgan fingerprint density at radius 1 is 1.21 bits per heavy atom. The molecule has 0 saturated heterocycles. The van der Waals surface area contributed by atoms with Crippen molar-refractivity contribution in [3.8, 4) is 0 Å². The zero-order chi connectivity index (χ0) is 17.4. The maximum Gasteiger partial charge on any atom is 0.244 e. The molecule has 0 fully saturated rings. The molecule has 2 aromatic carbocycles. The van der Waals surface area contributed by atoms with Gasteiger partial charge in [-0.1, -0.05) is 17.7 Å². The maximum absolute atomic E-state index is 13.4. The third-order valence-electron chi connectivity index (χ3n) is 3.67. The summed E-state index contributed by atoms with van der Waals surface area (Å²) >= 11 is 6.17. The van der Waals surface area contributed by atoms with E-state index in [0.29, 0.717) is 16.2 Å². The average molecular weight is 350 g/mol. The van der Waals surface area contributed by atoms with Crippen molar-refractivity contribution in [3.63, 3.8) is 0 Å². The van der Waals surface area contributed by atoms with Crippen molar-refractivity contribution in [1.29, 1.82) is 0 Å². The second kappa shape index (κ2) is 6.20. The predicted molar refractivity (Wildman–Crippen MR) is 89.2 cm³/mol. The molecule has 7 heteroatoms. The zero-order valence-electron chi connectivity index (χ0n) is 13.0. The van der Waals surface area contributed by atoms with Crippen LogP contribution in [0.2, 0.25) is 5.02 Å². The second-order valence-electron chi connectivity index (χ2n) is 5.61. The van der Waals surface area contributed by atoms with Crippen molar-refractivity contribution in [3.05, 3.63) is 58.4 Å².